The van der Waals surface area contributed by atoms with E-state index in [1.807, 2.05) is 11.0 Å². The average Bonchev–Trinajstić information content (AvgIpc) is 3.05. The molecule has 1 aliphatic rings. The zero-order valence-electron chi connectivity index (χ0n) is 13.1. The summed E-state index contributed by atoms with van der Waals surface area (Å²) < 4.78 is 0. The molecular weight excluding hydrogens is 282 g/mol. The standard InChI is InChI=1S/C15H21N5O2/c1-15(2,3)13-4-9(18-19-13)6-20-7-11-10(16-8-17-11)5-12(20)14(21)22/h4,8,12H,5-7H2,1-3H3,(H,16,17)(H,18,19)(H,21,22)/t12-/m1/s1. The van der Waals surface area contributed by atoms with Gasteiger partial charge in [-0.1, -0.05) is 20.8 Å². The molecule has 0 spiro atoms. The maximum atomic E-state index is 11.5. The number of rotatable bonds is 3. The van der Waals surface area contributed by atoms with Gasteiger partial charge in [0, 0.05) is 30.6 Å². The lowest BCUT2D eigenvalue weighted by Crippen LogP contribution is -2.45. The van der Waals surface area contributed by atoms with Crippen molar-refractivity contribution in [3.63, 3.8) is 0 Å². The molecule has 1 atom stereocenters. The minimum absolute atomic E-state index is 0.0284. The summed E-state index contributed by atoms with van der Waals surface area (Å²) in [6, 6.07) is 1.46. The zero-order valence-corrected chi connectivity index (χ0v) is 13.1. The zero-order chi connectivity index (χ0) is 15.9. The molecule has 3 rings (SSSR count). The van der Waals surface area contributed by atoms with E-state index in [1.165, 1.54) is 0 Å². The maximum absolute atomic E-state index is 11.5. The third-order valence-corrected chi connectivity index (χ3v) is 4.05. The first kappa shape index (κ1) is 14.8. The van der Waals surface area contributed by atoms with Crippen molar-refractivity contribution >= 4 is 5.97 Å². The van der Waals surface area contributed by atoms with Crippen molar-refractivity contribution in [2.24, 2.45) is 0 Å². The van der Waals surface area contributed by atoms with Crippen molar-refractivity contribution in [2.75, 3.05) is 0 Å². The van der Waals surface area contributed by atoms with Crippen molar-refractivity contribution in [3.05, 3.63) is 35.2 Å². The summed E-state index contributed by atoms with van der Waals surface area (Å²) in [5, 5.41) is 16.8. The number of carbonyl (C=O) groups is 1. The third kappa shape index (κ3) is 2.76. The molecule has 2 aromatic heterocycles. The summed E-state index contributed by atoms with van der Waals surface area (Å²) in [5.74, 6) is -0.816. The van der Waals surface area contributed by atoms with E-state index in [4.69, 9.17) is 0 Å². The van der Waals surface area contributed by atoms with Crippen LogP contribution < -0.4 is 0 Å². The van der Waals surface area contributed by atoms with Gasteiger partial charge in [0.1, 0.15) is 6.04 Å². The summed E-state index contributed by atoms with van der Waals surface area (Å²) in [6.07, 6.45) is 2.05. The Morgan fingerprint density at radius 3 is 2.91 bits per heavy atom. The van der Waals surface area contributed by atoms with Gasteiger partial charge in [0.15, 0.2) is 0 Å². The molecule has 0 saturated heterocycles. The van der Waals surface area contributed by atoms with Gasteiger partial charge < -0.3 is 10.1 Å². The fourth-order valence-electron chi connectivity index (χ4n) is 2.74. The summed E-state index contributed by atoms with van der Waals surface area (Å²) in [6.45, 7) is 7.38. The Hall–Kier alpha value is -2.15. The SMILES string of the molecule is CC(C)(C)c1cc(CN2Cc3[nH]cnc3C[C@@H]2C(=O)O)[nH]n1. The third-order valence-electron chi connectivity index (χ3n) is 4.05. The van der Waals surface area contributed by atoms with Gasteiger partial charge in [0.2, 0.25) is 0 Å². The van der Waals surface area contributed by atoms with E-state index < -0.39 is 12.0 Å². The maximum Gasteiger partial charge on any atom is 0.321 e. The first-order valence-corrected chi connectivity index (χ1v) is 7.37. The summed E-state index contributed by atoms with van der Waals surface area (Å²) in [4.78, 5) is 20.8. The van der Waals surface area contributed by atoms with Gasteiger partial charge in [-0.15, -0.1) is 0 Å². The van der Waals surface area contributed by atoms with Crippen molar-refractivity contribution in [3.8, 4) is 0 Å². The molecule has 0 aliphatic carbocycles. The fourth-order valence-corrected chi connectivity index (χ4v) is 2.74. The van der Waals surface area contributed by atoms with Crippen molar-refractivity contribution in [1.29, 1.82) is 0 Å². The predicted molar refractivity (Wildman–Crippen MR) is 80.3 cm³/mol. The summed E-state index contributed by atoms with van der Waals surface area (Å²) >= 11 is 0. The summed E-state index contributed by atoms with van der Waals surface area (Å²) in [5.41, 5.74) is 3.73. The van der Waals surface area contributed by atoms with Gasteiger partial charge in [-0.05, 0) is 6.07 Å². The van der Waals surface area contributed by atoms with Crippen LogP contribution >= 0.6 is 0 Å². The Morgan fingerprint density at radius 1 is 1.50 bits per heavy atom. The van der Waals surface area contributed by atoms with Crippen LogP contribution in [-0.2, 0) is 29.7 Å². The first-order valence-electron chi connectivity index (χ1n) is 7.37. The van der Waals surface area contributed by atoms with Crippen molar-refractivity contribution < 1.29 is 9.90 Å². The number of hydrogen-bond acceptors (Lipinski definition) is 4. The molecule has 0 saturated carbocycles. The molecule has 7 nitrogen and oxygen atoms in total. The van der Waals surface area contributed by atoms with Crippen LogP contribution in [0.4, 0.5) is 0 Å². The highest BCUT2D eigenvalue weighted by Crippen LogP contribution is 2.24. The van der Waals surface area contributed by atoms with Crippen LogP contribution in [0.25, 0.3) is 0 Å². The molecule has 0 amide bonds. The number of carboxylic acids is 1. The van der Waals surface area contributed by atoms with E-state index in [2.05, 4.69) is 40.9 Å². The van der Waals surface area contributed by atoms with E-state index in [-0.39, 0.29) is 5.41 Å². The average molecular weight is 303 g/mol. The number of imidazole rings is 1. The molecule has 0 bridgehead atoms. The number of nitrogens with zero attached hydrogens (tertiary/aromatic N) is 3. The Bertz CT molecular complexity index is 682. The van der Waals surface area contributed by atoms with Gasteiger partial charge >= 0.3 is 5.97 Å². The number of aromatic nitrogens is 4. The Morgan fingerprint density at radius 2 is 2.27 bits per heavy atom. The highest BCUT2D eigenvalue weighted by atomic mass is 16.4. The number of aliphatic carboxylic acids is 1. The minimum atomic E-state index is -0.816. The van der Waals surface area contributed by atoms with Gasteiger partial charge in [-0.2, -0.15) is 5.10 Å². The predicted octanol–water partition coefficient (Wildman–Crippen LogP) is 1.44. The topological polar surface area (TPSA) is 97.9 Å². The molecule has 0 unspecified atom stereocenters. The number of aromatic amines is 2. The van der Waals surface area contributed by atoms with Crippen molar-refractivity contribution in [2.45, 2.75) is 51.7 Å². The summed E-state index contributed by atoms with van der Waals surface area (Å²) in [7, 11) is 0. The molecule has 1 aliphatic heterocycles. The number of carboxylic acid groups (broad SMARTS) is 1. The number of H-pyrrole nitrogens is 2. The van der Waals surface area contributed by atoms with Crippen LogP contribution in [-0.4, -0.2) is 42.2 Å². The van der Waals surface area contributed by atoms with E-state index in [9.17, 15) is 9.90 Å². The second-order valence-electron chi connectivity index (χ2n) is 6.82. The molecule has 0 fully saturated rings. The quantitative estimate of drug-likeness (QED) is 0.797. The molecule has 0 radical (unpaired) electrons. The number of hydrogen-bond donors (Lipinski definition) is 3. The van der Waals surface area contributed by atoms with E-state index in [0.717, 1.165) is 22.8 Å². The van der Waals surface area contributed by atoms with E-state index >= 15 is 0 Å². The normalized spacial score (nSPS) is 19.1. The molecule has 0 aromatic carbocycles. The first-order chi connectivity index (χ1) is 10.3. The molecule has 3 heterocycles. The Balaban J connectivity index is 1.81. The number of fused-ring (bicyclic) bond motifs is 1. The van der Waals surface area contributed by atoms with Crippen LogP contribution in [0.3, 0.4) is 0 Å². The van der Waals surface area contributed by atoms with Gasteiger partial charge in [-0.3, -0.25) is 14.8 Å². The highest BCUT2D eigenvalue weighted by Gasteiger charge is 2.33. The lowest BCUT2D eigenvalue weighted by atomic mass is 9.92. The van der Waals surface area contributed by atoms with E-state index in [1.54, 1.807) is 6.33 Å². The lowest BCUT2D eigenvalue weighted by molar-refractivity contribution is -0.144. The molecule has 2 aromatic rings. The second kappa shape index (κ2) is 5.24. The Labute approximate surface area is 128 Å². The number of nitrogens with one attached hydrogen (secondary N) is 2. The van der Waals surface area contributed by atoms with Crippen LogP contribution in [0.1, 0.15) is 43.5 Å². The largest absolute Gasteiger partial charge is 0.480 e. The monoisotopic (exact) mass is 303 g/mol. The molecule has 22 heavy (non-hydrogen) atoms. The van der Waals surface area contributed by atoms with Crippen LogP contribution in [0.2, 0.25) is 0 Å². The van der Waals surface area contributed by atoms with E-state index in [0.29, 0.717) is 19.5 Å². The molecule has 3 N–H and O–H groups in total. The smallest absolute Gasteiger partial charge is 0.321 e. The minimum Gasteiger partial charge on any atom is -0.480 e. The van der Waals surface area contributed by atoms with Crippen LogP contribution in [0.15, 0.2) is 12.4 Å². The van der Waals surface area contributed by atoms with Gasteiger partial charge in [0.25, 0.3) is 0 Å². The fraction of sp³-hybridized carbons (Fsp3) is 0.533. The molecule has 7 heteroatoms. The van der Waals surface area contributed by atoms with Crippen LogP contribution in [0.5, 0.6) is 0 Å². The highest BCUT2D eigenvalue weighted by molar-refractivity contribution is 5.74. The molecular formula is C15H21N5O2. The molecule has 118 valence electrons. The lowest BCUT2D eigenvalue weighted by Gasteiger charge is -2.31. The second-order valence-corrected chi connectivity index (χ2v) is 6.82. The van der Waals surface area contributed by atoms with Crippen molar-refractivity contribution in [1.82, 2.24) is 25.1 Å². The van der Waals surface area contributed by atoms with Gasteiger partial charge in [0.05, 0.1) is 23.4 Å². The Kier molecular flexibility index (Phi) is 3.52. The van der Waals surface area contributed by atoms with Crippen LogP contribution in [0, 0.1) is 0 Å². The van der Waals surface area contributed by atoms with Gasteiger partial charge in [-0.25, -0.2) is 4.98 Å².